The minimum Gasteiger partial charge on any atom is -0.507 e. The van der Waals surface area contributed by atoms with Crippen molar-refractivity contribution in [3.8, 4) is 17.0 Å². The average Bonchev–Trinajstić information content (AvgIpc) is 3.29. The van der Waals surface area contributed by atoms with E-state index in [0.29, 0.717) is 23.6 Å². The minimum absolute atomic E-state index is 0.171. The first kappa shape index (κ1) is 15.5. The Labute approximate surface area is 130 Å². The van der Waals surface area contributed by atoms with Crippen molar-refractivity contribution in [1.82, 2.24) is 15.2 Å². The van der Waals surface area contributed by atoms with E-state index < -0.39 is 17.5 Å². The summed E-state index contributed by atoms with van der Waals surface area (Å²) in [7, 11) is 0. The molecule has 0 spiro atoms. The van der Waals surface area contributed by atoms with Crippen LogP contribution in [-0.2, 0) is 6.18 Å². The van der Waals surface area contributed by atoms with Gasteiger partial charge >= 0.3 is 6.18 Å². The highest BCUT2D eigenvalue weighted by Gasteiger charge is 2.31. The van der Waals surface area contributed by atoms with E-state index in [1.54, 1.807) is 6.92 Å². The molecule has 122 valence electrons. The molecule has 0 bridgehead atoms. The van der Waals surface area contributed by atoms with Gasteiger partial charge in [0.25, 0.3) is 0 Å². The molecular weight excluding hydrogens is 309 g/mol. The molecule has 0 saturated heterocycles. The van der Waals surface area contributed by atoms with E-state index in [2.05, 4.69) is 20.5 Å². The number of benzene rings is 1. The molecule has 1 saturated carbocycles. The molecule has 0 radical (unpaired) electrons. The predicted octanol–water partition coefficient (Wildman–Crippen LogP) is 3.39. The van der Waals surface area contributed by atoms with Gasteiger partial charge in [-0.05, 0) is 43.9 Å². The highest BCUT2D eigenvalue weighted by Crippen LogP contribution is 2.36. The Kier molecular flexibility index (Phi) is 3.83. The summed E-state index contributed by atoms with van der Waals surface area (Å²) in [5, 5.41) is 20.9. The van der Waals surface area contributed by atoms with Gasteiger partial charge < -0.3 is 10.4 Å². The van der Waals surface area contributed by atoms with Gasteiger partial charge in [-0.3, -0.25) is 0 Å². The zero-order valence-corrected chi connectivity index (χ0v) is 12.4. The van der Waals surface area contributed by atoms with Crippen molar-refractivity contribution >= 4 is 5.95 Å². The quantitative estimate of drug-likeness (QED) is 0.902. The number of rotatable bonds is 4. The molecule has 1 aromatic heterocycles. The van der Waals surface area contributed by atoms with Gasteiger partial charge in [0.2, 0.25) is 5.95 Å². The summed E-state index contributed by atoms with van der Waals surface area (Å²) in [6.45, 7) is 2.45. The Balaban J connectivity index is 1.85. The highest BCUT2D eigenvalue weighted by atomic mass is 19.4. The largest absolute Gasteiger partial charge is 0.507 e. The van der Waals surface area contributed by atoms with E-state index in [1.807, 2.05) is 0 Å². The molecule has 1 aliphatic rings. The first-order chi connectivity index (χ1) is 10.8. The number of halogens is 3. The van der Waals surface area contributed by atoms with Crippen molar-refractivity contribution in [3.63, 3.8) is 0 Å². The molecule has 0 unspecified atom stereocenters. The second-order valence-electron chi connectivity index (χ2n) is 5.62. The number of hydrogen-bond donors (Lipinski definition) is 2. The maximum atomic E-state index is 12.6. The molecule has 23 heavy (non-hydrogen) atoms. The second-order valence-corrected chi connectivity index (χ2v) is 5.62. The summed E-state index contributed by atoms with van der Waals surface area (Å²) in [6.07, 6.45) is -2.13. The molecule has 0 aliphatic heterocycles. The number of aryl methyl sites for hydroxylation is 1. The molecule has 2 aromatic rings. The van der Waals surface area contributed by atoms with Gasteiger partial charge in [-0.25, -0.2) is 4.98 Å². The first-order valence-corrected chi connectivity index (χ1v) is 7.20. The molecule has 1 heterocycles. The SMILES string of the molecule is Cc1nc(NCC2CC2)nnc1-c1ccc(C(F)(F)F)cc1O. The number of phenols is 1. The number of hydrogen-bond acceptors (Lipinski definition) is 5. The van der Waals surface area contributed by atoms with Crippen LogP contribution in [0, 0.1) is 12.8 Å². The number of nitrogens with zero attached hydrogens (tertiary/aromatic N) is 3. The van der Waals surface area contributed by atoms with Crippen molar-refractivity contribution < 1.29 is 18.3 Å². The van der Waals surface area contributed by atoms with E-state index in [9.17, 15) is 18.3 Å². The molecule has 2 N–H and O–H groups in total. The monoisotopic (exact) mass is 324 g/mol. The van der Waals surface area contributed by atoms with Crippen molar-refractivity contribution in [2.24, 2.45) is 5.92 Å². The van der Waals surface area contributed by atoms with Gasteiger partial charge in [-0.1, -0.05) is 0 Å². The number of aromatic hydroxyl groups is 1. The summed E-state index contributed by atoms with van der Waals surface area (Å²) in [5.74, 6) is 0.528. The van der Waals surface area contributed by atoms with Gasteiger partial charge in [0.05, 0.1) is 11.3 Å². The first-order valence-electron chi connectivity index (χ1n) is 7.20. The summed E-state index contributed by atoms with van der Waals surface area (Å²) in [6, 6.07) is 2.75. The maximum Gasteiger partial charge on any atom is 0.416 e. The van der Waals surface area contributed by atoms with Crippen LogP contribution < -0.4 is 5.32 Å². The van der Waals surface area contributed by atoms with E-state index in [0.717, 1.165) is 12.6 Å². The fourth-order valence-electron chi connectivity index (χ4n) is 2.19. The number of phenolic OH excluding ortho intramolecular Hbond substituents is 1. The van der Waals surface area contributed by atoms with Crippen molar-refractivity contribution in [3.05, 3.63) is 29.5 Å². The van der Waals surface area contributed by atoms with Crippen LogP contribution >= 0.6 is 0 Å². The summed E-state index contributed by atoms with van der Waals surface area (Å²) in [5.41, 5.74) is -0.00848. The number of anilines is 1. The lowest BCUT2D eigenvalue weighted by Crippen LogP contribution is -2.09. The third kappa shape index (κ3) is 3.52. The molecule has 0 amide bonds. The number of aromatic nitrogens is 3. The van der Waals surface area contributed by atoms with Crippen molar-refractivity contribution in [1.29, 1.82) is 0 Å². The molecule has 1 aromatic carbocycles. The van der Waals surface area contributed by atoms with Crippen LogP contribution in [0.2, 0.25) is 0 Å². The molecule has 5 nitrogen and oxygen atoms in total. The van der Waals surface area contributed by atoms with Crippen LogP contribution in [-0.4, -0.2) is 26.8 Å². The van der Waals surface area contributed by atoms with Gasteiger partial charge in [0.15, 0.2) is 0 Å². The lowest BCUT2D eigenvalue weighted by atomic mass is 10.1. The maximum absolute atomic E-state index is 12.6. The highest BCUT2D eigenvalue weighted by molar-refractivity contribution is 5.69. The van der Waals surface area contributed by atoms with Crippen LogP contribution in [0.25, 0.3) is 11.3 Å². The summed E-state index contributed by atoms with van der Waals surface area (Å²) < 4.78 is 37.9. The Morgan fingerprint density at radius 2 is 2.00 bits per heavy atom. The summed E-state index contributed by atoms with van der Waals surface area (Å²) >= 11 is 0. The van der Waals surface area contributed by atoms with E-state index in [1.165, 1.54) is 18.9 Å². The number of alkyl halides is 3. The molecule has 0 atom stereocenters. The lowest BCUT2D eigenvalue weighted by Gasteiger charge is -2.11. The zero-order chi connectivity index (χ0) is 16.6. The third-order valence-corrected chi connectivity index (χ3v) is 3.69. The summed E-state index contributed by atoms with van der Waals surface area (Å²) in [4.78, 5) is 4.24. The Morgan fingerprint density at radius 1 is 1.26 bits per heavy atom. The van der Waals surface area contributed by atoms with E-state index in [4.69, 9.17) is 0 Å². The molecule has 3 rings (SSSR count). The Morgan fingerprint density at radius 3 is 2.57 bits per heavy atom. The average molecular weight is 324 g/mol. The third-order valence-electron chi connectivity index (χ3n) is 3.69. The Hall–Kier alpha value is -2.38. The Bertz CT molecular complexity index is 729. The molecular formula is C15H15F3N4O. The van der Waals surface area contributed by atoms with Crippen molar-refractivity contribution in [2.75, 3.05) is 11.9 Å². The van der Waals surface area contributed by atoms with E-state index >= 15 is 0 Å². The minimum atomic E-state index is -4.51. The zero-order valence-electron chi connectivity index (χ0n) is 12.4. The second kappa shape index (κ2) is 5.68. The molecule has 8 heteroatoms. The van der Waals surface area contributed by atoms with E-state index in [-0.39, 0.29) is 11.3 Å². The van der Waals surface area contributed by atoms with Crippen LogP contribution in [0.4, 0.5) is 19.1 Å². The standard InChI is InChI=1S/C15H15F3N4O/c1-8-13(21-22-14(20-8)19-7-9-2-3-9)11-5-4-10(6-12(11)23)15(16,17)18/h4-6,9,23H,2-3,7H2,1H3,(H,19,20,22). The van der Waals surface area contributed by atoms with Crippen LogP contribution in [0.3, 0.4) is 0 Å². The molecule has 1 aliphatic carbocycles. The van der Waals surface area contributed by atoms with Gasteiger partial charge in [0.1, 0.15) is 11.4 Å². The fraction of sp³-hybridized carbons (Fsp3) is 0.400. The molecule has 1 fully saturated rings. The van der Waals surface area contributed by atoms with Gasteiger partial charge in [0, 0.05) is 12.1 Å². The smallest absolute Gasteiger partial charge is 0.416 e. The lowest BCUT2D eigenvalue weighted by molar-refractivity contribution is -0.137. The van der Waals surface area contributed by atoms with Crippen LogP contribution in [0.15, 0.2) is 18.2 Å². The topological polar surface area (TPSA) is 70.9 Å². The van der Waals surface area contributed by atoms with Crippen LogP contribution in [0.1, 0.15) is 24.1 Å². The van der Waals surface area contributed by atoms with Gasteiger partial charge in [-0.2, -0.15) is 13.2 Å². The normalized spacial score (nSPS) is 14.8. The van der Waals surface area contributed by atoms with Crippen LogP contribution in [0.5, 0.6) is 5.75 Å². The fourth-order valence-corrected chi connectivity index (χ4v) is 2.19. The number of nitrogens with one attached hydrogen (secondary N) is 1. The van der Waals surface area contributed by atoms with Gasteiger partial charge in [-0.15, -0.1) is 10.2 Å². The predicted molar refractivity (Wildman–Crippen MR) is 77.9 cm³/mol. The van der Waals surface area contributed by atoms with Crippen molar-refractivity contribution in [2.45, 2.75) is 25.9 Å².